The van der Waals surface area contributed by atoms with Crippen molar-refractivity contribution in [3.05, 3.63) is 35.2 Å². The van der Waals surface area contributed by atoms with Gasteiger partial charge in [-0.15, -0.1) is 10.2 Å². The van der Waals surface area contributed by atoms with Gasteiger partial charge in [-0.2, -0.15) is 0 Å². The number of aliphatic hydroxyl groups excluding tert-OH is 1. The van der Waals surface area contributed by atoms with Crippen LogP contribution in [0.15, 0.2) is 22.6 Å². The first kappa shape index (κ1) is 21.5. The summed E-state index contributed by atoms with van der Waals surface area (Å²) in [4.78, 5) is 2.48. The van der Waals surface area contributed by atoms with Crippen LogP contribution in [0.5, 0.6) is 0 Å². The van der Waals surface area contributed by atoms with E-state index in [1.165, 1.54) is 24.0 Å². The molecule has 0 atom stereocenters. The second-order valence-electron chi connectivity index (χ2n) is 10.5. The molecule has 1 aliphatic carbocycles. The van der Waals surface area contributed by atoms with Crippen molar-refractivity contribution in [2.75, 3.05) is 26.2 Å². The maximum atomic E-state index is 8.96. The summed E-state index contributed by atoms with van der Waals surface area (Å²) in [7, 11) is 0. The molecule has 0 spiro atoms. The smallest absolute Gasteiger partial charge is 0.247 e. The maximum absolute atomic E-state index is 8.96. The molecule has 1 N–H and O–H groups in total. The van der Waals surface area contributed by atoms with Gasteiger partial charge in [-0.3, -0.25) is 0 Å². The zero-order valence-electron chi connectivity index (χ0n) is 19.1. The summed E-state index contributed by atoms with van der Waals surface area (Å²) in [6.45, 7) is 12.9. The van der Waals surface area contributed by atoms with Crippen molar-refractivity contribution in [1.29, 1.82) is 0 Å². The van der Waals surface area contributed by atoms with Gasteiger partial charge in [0.05, 0.1) is 0 Å². The van der Waals surface area contributed by atoms with Crippen molar-refractivity contribution in [2.24, 2.45) is 0 Å². The lowest BCUT2D eigenvalue weighted by atomic mass is 9.63. The van der Waals surface area contributed by atoms with E-state index >= 15 is 0 Å². The molecule has 0 saturated carbocycles. The third-order valence-corrected chi connectivity index (χ3v) is 7.36. The highest BCUT2D eigenvalue weighted by Gasteiger charge is 2.37. The number of rotatable bonds is 6. The summed E-state index contributed by atoms with van der Waals surface area (Å²) in [6.07, 6.45) is 6.50. The molecular formula is C25H37N3O2. The highest BCUT2D eigenvalue weighted by atomic mass is 16.4. The van der Waals surface area contributed by atoms with Gasteiger partial charge < -0.3 is 14.4 Å². The van der Waals surface area contributed by atoms with Crippen LogP contribution >= 0.6 is 0 Å². The third kappa shape index (κ3) is 4.33. The minimum absolute atomic E-state index is 0.173. The Morgan fingerprint density at radius 3 is 2.40 bits per heavy atom. The van der Waals surface area contributed by atoms with Crippen LogP contribution in [-0.4, -0.2) is 46.4 Å². The number of nitrogens with zero attached hydrogens (tertiary/aromatic N) is 3. The van der Waals surface area contributed by atoms with Gasteiger partial charge in [0.25, 0.3) is 0 Å². The number of benzene rings is 1. The quantitative estimate of drug-likeness (QED) is 0.675. The fourth-order valence-corrected chi connectivity index (χ4v) is 5.09. The summed E-state index contributed by atoms with van der Waals surface area (Å²) in [6, 6.07) is 6.72. The van der Waals surface area contributed by atoms with E-state index in [4.69, 9.17) is 9.52 Å². The standard InChI is InChI=1S/C25H37N3O2/c1-24(2)11-12-25(3,4)21-17-19(7-8-20(21)24)23-27-26-22(30-23)18-9-14-28(15-10-18)13-5-6-16-29/h7-8,17-18,29H,5-6,9-16H2,1-4H3. The van der Waals surface area contributed by atoms with Crippen LogP contribution in [0.25, 0.3) is 11.5 Å². The summed E-state index contributed by atoms with van der Waals surface area (Å²) >= 11 is 0. The van der Waals surface area contributed by atoms with Gasteiger partial charge in [-0.1, -0.05) is 33.8 Å². The maximum Gasteiger partial charge on any atom is 0.247 e. The normalized spacial score (nSPS) is 21.5. The van der Waals surface area contributed by atoms with Gasteiger partial charge >= 0.3 is 0 Å². The molecule has 2 aromatic rings. The van der Waals surface area contributed by atoms with Gasteiger partial charge in [0.15, 0.2) is 0 Å². The Kier molecular flexibility index (Phi) is 6.04. The van der Waals surface area contributed by atoms with E-state index < -0.39 is 0 Å². The van der Waals surface area contributed by atoms with E-state index in [0.29, 0.717) is 18.4 Å². The zero-order chi connectivity index (χ0) is 21.4. The molecule has 1 fully saturated rings. The monoisotopic (exact) mass is 411 g/mol. The fourth-order valence-electron chi connectivity index (χ4n) is 5.09. The van der Waals surface area contributed by atoms with Crippen molar-refractivity contribution >= 4 is 0 Å². The molecule has 164 valence electrons. The van der Waals surface area contributed by atoms with Crippen LogP contribution in [0.3, 0.4) is 0 Å². The van der Waals surface area contributed by atoms with Crippen molar-refractivity contribution in [3.63, 3.8) is 0 Å². The molecule has 2 aliphatic rings. The Morgan fingerprint density at radius 1 is 1.00 bits per heavy atom. The first-order valence-electron chi connectivity index (χ1n) is 11.6. The molecule has 1 aromatic carbocycles. The minimum atomic E-state index is 0.173. The molecule has 1 aliphatic heterocycles. The van der Waals surface area contributed by atoms with Crippen LogP contribution in [0.4, 0.5) is 0 Å². The second-order valence-corrected chi connectivity index (χ2v) is 10.5. The lowest BCUT2D eigenvalue weighted by Crippen LogP contribution is -2.33. The molecule has 30 heavy (non-hydrogen) atoms. The van der Waals surface area contributed by atoms with Crippen molar-refractivity contribution in [2.45, 2.75) is 83.0 Å². The first-order valence-corrected chi connectivity index (χ1v) is 11.6. The van der Waals surface area contributed by atoms with Gasteiger partial charge in [-0.25, -0.2) is 0 Å². The van der Waals surface area contributed by atoms with Crippen LogP contribution in [0, 0.1) is 0 Å². The van der Waals surface area contributed by atoms with E-state index in [0.717, 1.165) is 56.8 Å². The largest absolute Gasteiger partial charge is 0.420 e. The molecule has 0 bridgehead atoms. The average Bonchev–Trinajstić information content (AvgIpc) is 3.22. The summed E-state index contributed by atoms with van der Waals surface area (Å²) in [5, 5.41) is 17.8. The Labute approximate surface area is 180 Å². The lowest BCUT2D eigenvalue weighted by molar-refractivity contribution is 0.190. The third-order valence-electron chi connectivity index (χ3n) is 7.36. The lowest BCUT2D eigenvalue weighted by Gasteiger charge is -2.41. The molecule has 1 saturated heterocycles. The number of hydrogen-bond acceptors (Lipinski definition) is 5. The number of aliphatic hydroxyl groups is 1. The van der Waals surface area contributed by atoms with E-state index in [1.807, 2.05) is 0 Å². The van der Waals surface area contributed by atoms with Gasteiger partial charge in [0.2, 0.25) is 11.8 Å². The van der Waals surface area contributed by atoms with E-state index in [9.17, 15) is 0 Å². The van der Waals surface area contributed by atoms with Crippen LogP contribution in [0.1, 0.15) is 89.2 Å². The van der Waals surface area contributed by atoms with Crippen molar-refractivity contribution in [3.8, 4) is 11.5 Å². The average molecular weight is 412 g/mol. The van der Waals surface area contributed by atoms with E-state index in [-0.39, 0.29) is 10.8 Å². The van der Waals surface area contributed by atoms with Gasteiger partial charge in [0.1, 0.15) is 0 Å². The molecular weight excluding hydrogens is 374 g/mol. The van der Waals surface area contributed by atoms with Crippen LogP contribution < -0.4 is 0 Å². The second kappa shape index (κ2) is 8.43. The Morgan fingerprint density at radius 2 is 1.70 bits per heavy atom. The molecule has 2 heterocycles. The molecule has 5 heteroatoms. The number of likely N-dealkylation sites (tertiary alicyclic amines) is 1. The van der Waals surface area contributed by atoms with E-state index in [2.05, 4.69) is 61.0 Å². The first-order chi connectivity index (χ1) is 14.3. The van der Waals surface area contributed by atoms with Crippen LogP contribution in [-0.2, 0) is 10.8 Å². The number of fused-ring (bicyclic) bond motifs is 1. The summed E-state index contributed by atoms with van der Waals surface area (Å²) < 4.78 is 6.18. The number of aromatic nitrogens is 2. The Balaban J connectivity index is 1.48. The zero-order valence-corrected chi connectivity index (χ0v) is 19.1. The predicted molar refractivity (Wildman–Crippen MR) is 120 cm³/mol. The molecule has 4 rings (SSSR count). The summed E-state index contributed by atoms with van der Waals surface area (Å²) in [5.41, 5.74) is 4.31. The Hall–Kier alpha value is -1.72. The topological polar surface area (TPSA) is 62.4 Å². The van der Waals surface area contributed by atoms with E-state index in [1.54, 1.807) is 0 Å². The molecule has 0 radical (unpaired) electrons. The fraction of sp³-hybridized carbons (Fsp3) is 0.680. The molecule has 1 aromatic heterocycles. The minimum Gasteiger partial charge on any atom is -0.420 e. The number of hydrogen-bond donors (Lipinski definition) is 1. The Bertz CT molecular complexity index is 863. The van der Waals surface area contributed by atoms with Gasteiger partial charge in [0, 0.05) is 18.1 Å². The SMILES string of the molecule is CC1(C)CCC(C)(C)c2cc(-c3nnc(C4CCN(CCCCO)CC4)o3)ccc21. The highest BCUT2D eigenvalue weighted by molar-refractivity contribution is 5.58. The molecule has 0 unspecified atom stereocenters. The highest BCUT2D eigenvalue weighted by Crippen LogP contribution is 2.46. The number of unbranched alkanes of at least 4 members (excludes halogenated alkanes) is 1. The number of piperidine rings is 1. The van der Waals surface area contributed by atoms with Crippen LogP contribution in [0.2, 0.25) is 0 Å². The van der Waals surface area contributed by atoms with Crippen molar-refractivity contribution < 1.29 is 9.52 Å². The van der Waals surface area contributed by atoms with Gasteiger partial charge in [-0.05, 0) is 92.2 Å². The molecule has 0 amide bonds. The summed E-state index contributed by atoms with van der Waals surface area (Å²) in [5.74, 6) is 1.79. The predicted octanol–water partition coefficient (Wildman–Crippen LogP) is 5.04. The van der Waals surface area contributed by atoms with Crippen molar-refractivity contribution in [1.82, 2.24) is 15.1 Å². The molecule has 5 nitrogen and oxygen atoms in total.